The van der Waals surface area contributed by atoms with Crippen LogP contribution in [0.1, 0.15) is 26.3 Å². The van der Waals surface area contributed by atoms with Crippen LogP contribution in [0.4, 0.5) is 0 Å². The molecule has 6 nitrogen and oxygen atoms in total. The molecule has 0 spiro atoms. The van der Waals surface area contributed by atoms with Gasteiger partial charge in [-0.15, -0.1) is 0 Å². The van der Waals surface area contributed by atoms with E-state index in [-0.39, 0.29) is 18.9 Å². The molecule has 1 aromatic rings. The fourth-order valence-corrected chi connectivity index (χ4v) is 3.77. The van der Waals surface area contributed by atoms with E-state index in [1.807, 2.05) is 30.3 Å². The second kappa shape index (κ2) is 7.88. The molecule has 124 valence electrons. The summed E-state index contributed by atoms with van der Waals surface area (Å²) in [7, 11) is -2.07. The fraction of sp³-hybridized carbons (Fsp3) is 0.533. The summed E-state index contributed by atoms with van der Waals surface area (Å²) in [6.45, 7) is 5.10. The molecule has 2 N–H and O–H groups in total. The number of carboxylic acids is 1. The first kappa shape index (κ1) is 18.8. The number of methoxy groups -OCH3 is 1. The predicted molar refractivity (Wildman–Crippen MR) is 84.7 cm³/mol. The summed E-state index contributed by atoms with van der Waals surface area (Å²) in [6.07, 6.45) is -0.199. The van der Waals surface area contributed by atoms with E-state index in [1.165, 1.54) is 14.0 Å². The van der Waals surface area contributed by atoms with Crippen molar-refractivity contribution in [1.82, 2.24) is 5.09 Å². The largest absolute Gasteiger partial charge is 0.480 e. The Hall–Kier alpha value is -1.20. The molecule has 0 heterocycles. The van der Waals surface area contributed by atoms with Crippen molar-refractivity contribution < 1.29 is 23.7 Å². The number of carbonyl (C=O) groups is 1. The summed E-state index contributed by atoms with van der Waals surface area (Å²) >= 11 is 0. The van der Waals surface area contributed by atoms with E-state index in [1.54, 1.807) is 13.8 Å². The molecule has 0 aliphatic heterocycles. The van der Waals surface area contributed by atoms with Crippen molar-refractivity contribution in [2.75, 3.05) is 13.5 Å². The Morgan fingerprint density at radius 3 is 2.41 bits per heavy atom. The number of hydrogen-bond donors (Lipinski definition) is 2. The zero-order valence-corrected chi connectivity index (χ0v) is 14.3. The number of carboxylic acid groups (broad SMARTS) is 1. The fourth-order valence-electron chi connectivity index (χ4n) is 1.80. The normalized spacial score (nSPS) is 17.0. The SMILES string of the molecule is COCP(=O)(N[C@](C)(C(=O)O)C(C)C)OCc1ccccc1. The molecule has 2 atom stereocenters. The first-order valence-electron chi connectivity index (χ1n) is 7.03. The van der Waals surface area contributed by atoms with Crippen LogP contribution in [0.2, 0.25) is 0 Å². The summed E-state index contributed by atoms with van der Waals surface area (Å²) < 4.78 is 23.4. The van der Waals surface area contributed by atoms with Gasteiger partial charge in [-0.3, -0.25) is 9.36 Å². The van der Waals surface area contributed by atoms with Gasteiger partial charge in [0.05, 0.1) is 6.61 Å². The van der Waals surface area contributed by atoms with E-state index in [2.05, 4.69) is 5.09 Å². The van der Waals surface area contributed by atoms with Crippen molar-refractivity contribution in [3.05, 3.63) is 35.9 Å². The van der Waals surface area contributed by atoms with Crippen LogP contribution in [0, 0.1) is 5.92 Å². The number of nitrogens with one attached hydrogen (secondary N) is 1. The van der Waals surface area contributed by atoms with Crippen LogP contribution in [-0.4, -0.2) is 30.1 Å². The quantitative estimate of drug-likeness (QED) is 0.677. The van der Waals surface area contributed by atoms with E-state index in [0.717, 1.165) is 5.56 Å². The zero-order valence-electron chi connectivity index (χ0n) is 13.4. The molecule has 0 saturated carbocycles. The molecule has 0 aromatic heterocycles. The van der Waals surface area contributed by atoms with Crippen LogP contribution < -0.4 is 5.09 Å². The highest BCUT2D eigenvalue weighted by Crippen LogP contribution is 2.46. The predicted octanol–water partition coefficient (Wildman–Crippen LogP) is 3.09. The molecule has 0 bridgehead atoms. The van der Waals surface area contributed by atoms with Crippen LogP contribution >= 0.6 is 7.52 Å². The van der Waals surface area contributed by atoms with Gasteiger partial charge in [-0.25, -0.2) is 5.09 Å². The molecule has 0 aliphatic carbocycles. The van der Waals surface area contributed by atoms with E-state index in [4.69, 9.17) is 9.26 Å². The lowest BCUT2D eigenvalue weighted by atomic mass is 9.90. The van der Waals surface area contributed by atoms with E-state index in [9.17, 15) is 14.5 Å². The van der Waals surface area contributed by atoms with Crippen molar-refractivity contribution in [3.8, 4) is 0 Å². The number of aliphatic carboxylic acids is 1. The van der Waals surface area contributed by atoms with Crippen LogP contribution in [0.15, 0.2) is 30.3 Å². The minimum absolute atomic E-state index is 0.113. The van der Waals surface area contributed by atoms with Gasteiger partial charge in [0, 0.05) is 7.11 Å². The van der Waals surface area contributed by atoms with Crippen molar-refractivity contribution in [2.24, 2.45) is 5.92 Å². The third-order valence-electron chi connectivity index (χ3n) is 3.58. The van der Waals surface area contributed by atoms with E-state index in [0.29, 0.717) is 0 Å². The van der Waals surface area contributed by atoms with Gasteiger partial charge in [-0.1, -0.05) is 44.2 Å². The molecular weight excluding hydrogens is 305 g/mol. The summed E-state index contributed by atoms with van der Waals surface area (Å²) in [5.41, 5.74) is -0.521. The Bertz CT molecular complexity index is 534. The number of hydrogen-bond acceptors (Lipinski definition) is 4. The lowest BCUT2D eigenvalue weighted by Crippen LogP contribution is -2.52. The smallest absolute Gasteiger partial charge is 0.324 e. The first-order valence-corrected chi connectivity index (χ1v) is 8.84. The topological polar surface area (TPSA) is 84.9 Å². The van der Waals surface area contributed by atoms with Crippen molar-refractivity contribution in [3.63, 3.8) is 0 Å². The van der Waals surface area contributed by atoms with E-state index < -0.39 is 19.0 Å². The summed E-state index contributed by atoms with van der Waals surface area (Å²) in [5.74, 6) is -1.36. The molecule has 0 saturated heterocycles. The first-order chi connectivity index (χ1) is 10.2. The van der Waals surface area contributed by atoms with Gasteiger partial charge < -0.3 is 14.4 Å². The molecule has 0 fully saturated rings. The van der Waals surface area contributed by atoms with E-state index >= 15 is 0 Å². The van der Waals surface area contributed by atoms with Gasteiger partial charge in [0.25, 0.3) is 7.52 Å². The minimum atomic E-state index is -3.47. The Kier molecular flexibility index (Phi) is 6.75. The monoisotopic (exact) mass is 329 g/mol. The molecule has 0 aliphatic rings. The maximum absolute atomic E-state index is 12.9. The van der Waals surface area contributed by atoms with Gasteiger partial charge in [0.2, 0.25) is 0 Å². The Labute approximate surface area is 131 Å². The molecule has 1 aromatic carbocycles. The Balaban J connectivity index is 2.90. The second-order valence-corrected chi connectivity index (χ2v) is 7.71. The Morgan fingerprint density at radius 2 is 1.95 bits per heavy atom. The van der Waals surface area contributed by atoms with Crippen LogP contribution in [0.5, 0.6) is 0 Å². The van der Waals surface area contributed by atoms with Crippen LogP contribution in [0.25, 0.3) is 0 Å². The Morgan fingerprint density at radius 1 is 1.36 bits per heavy atom. The molecule has 7 heteroatoms. The minimum Gasteiger partial charge on any atom is -0.480 e. The van der Waals surface area contributed by atoms with Gasteiger partial charge in [-0.05, 0) is 18.4 Å². The maximum atomic E-state index is 12.9. The van der Waals surface area contributed by atoms with Crippen LogP contribution in [-0.2, 0) is 25.2 Å². The number of ether oxygens (including phenoxy) is 1. The lowest BCUT2D eigenvalue weighted by molar-refractivity contribution is -0.145. The molecule has 1 rings (SSSR count). The van der Waals surface area contributed by atoms with Gasteiger partial charge >= 0.3 is 5.97 Å². The molecule has 1 unspecified atom stereocenters. The molecular formula is C15H24NO5P. The highest BCUT2D eigenvalue weighted by molar-refractivity contribution is 7.56. The average Bonchev–Trinajstić information content (AvgIpc) is 2.46. The lowest BCUT2D eigenvalue weighted by Gasteiger charge is -2.34. The number of rotatable bonds is 9. The molecule has 0 amide bonds. The molecule has 22 heavy (non-hydrogen) atoms. The third kappa shape index (κ3) is 4.92. The zero-order chi connectivity index (χ0) is 16.8. The second-order valence-electron chi connectivity index (χ2n) is 5.62. The van der Waals surface area contributed by atoms with Crippen molar-refractivity contribution >= 4 is 13.5 Å². The summed E-state index contributed by atoms with van der Waals surface area (Å²) in [6, 6.07) is 9.26. The summed E-state index contributed by atoms with van der Waals surface area (Å²) in [5, 5.41) is 12.1. The summed E-state index contributed by atoms with van der Waals surface area (Å²) in [4.78, 5) is 11.5. The van der Waals surface area contributed by atoms with Crippen molar-refractivity contribution in [2.45, 2.75) is 32.9 Å². The highest BCUT2D eigenvalue weighted by Gasteiger charge is 2.43. The van der Waals surface area contributed by atoms with Gasteiger partial charge in [0.15, 0.2) is 0 Å². The maximum Gasteiger partial charge on any atom is 0.324 e. The standard InChI is InChI=1S/C15H24NO5P/c1-12(2)15(3,14(17)18)16-22(19,11-20-4)21-10-13-8-6-5-7-9-13/h5-9,12H,10-11H2,1-4H3,(H,16,19)(H,17,18)/t15-,22?/m0/s1. The van der Waals surface area contributed by atoms with Crippen LogP contribution in [0.3, 0.4) is 0 Å². The van der Waals surface area contributed by atoms with Gasteiger partial charge in [-0.2, -0.15) is 0 Å². The number of benzene rings is 1. The highest BCUT2D eigenvalue weighted by atomic mass is 31.2. The average molecular weight is 329 g/mol. The van der Waals surface area contributed by atoms with Crippen molar-refractivity contribution in [1.29, 1.82) is 0 Å². The van der Waals surface area contributed by atoms with Gasteiger partial charge in [0.1, 0.15) is 11.9 Å². The third-order valence-corrected chi connectivity index (χ3v) is 5.53. The molecule has 0 radical (unpaired) electrons.